The van der Waals surface area contributed by atoms with Gasteiger partial charge in [0.05, 0.1) is 5.41 Å². The van der Waals surface area contributed by atoms with Crippen LogP contribution in [0, 0.1) is 5.41 Å². The number of halogens is 2. The van der Waals surface area contributed by atoms with Crippen LogP contribution < -0.4 is 9.47 Å². The SMILES string of the molecule is CC1(C(=O)O)CCN(C(=O)c2ccc3c(c2)OC(F)(F)O3)CC1. The number of aliphatic carboxylic acids is 1. The first kappa shape index (κ1) is 15.5. The number of hydrogen-bond acceptors (Lipinski definition) is 4. The highest BCUT2D eigenvalue weighted by Gasteiger charge is 2.44. The summed E-state index contributed by atoms with van der Waals surface area (Å²) in [6.07, 6.45) is -3.04. The maximum absolute atomic E-state index is 13.0. The van der Waals surface area contributed by atoms with Gasteiger partial charge in [0.25, 0.3) is 5.91 Å². The number of likely N-dealkylation sites (tertiary alicyclic amines) is 1. The van der Waals surface area contributed by atoms with Gasteiger partial charge in [-0.1, -0.05) is 0 Å². The second-order valence-electron chi connectivity index (χ2n) is 5.99. The Morgan fingerprint density at radius 3 is 2.39 bits per heavy atom. The summed E-state index contributed by atoms with van der Waals surface area (Å²) in [5, 5.41) is 9.19. The minimum absolute atomic E-state index is 0.122. The van der Waals surface area contributed by atoms with Crippen molar-refractivity contribution in [3.05, 3.63) is 23.8 Å². The van der Waals surface area contributed by atoms with Gasteiger partial charge < -0.3 is 19.5 Å². The number of carbonyl (C=O) groups excluding carboxylic acids is 1. The molecule has 1 aromatic rings. The first-order chi connectivity index (χ1) is 10.7. The maximum Gasteiger partial charge on any atom is 0.586 e. The number of hydrogen-bond donors (Lipinski definition) is 1. The number of carboxylic acids is 1. The number of nitrogens with zero attached hydrogens (tertiary/aromatic N) is 1. The third-order valence-electron chi connectivity index (χ3n) is 4.32. The molecule has 124 valence electrons. The molecule has 0 radical (unpaired) electrons. The molecular weight excluding hydrogens is 312 g/mol. The van der Waals surface area contributed by atoms with Crippen LogP contribution in [0.5, 0.6) is 11.5 Å². The molecule has 0 unspecified atom stereocenters. The smallest absolute Gasteiger partial charge is 0.481 e. The summed E-state index contributed by atoms with van der Waals surface area (Å²) in [7, 11) is 0. The Labute approximate surface area is 130 Å². The molecular formula is C15H15F2NO5. The quantitative estimate of drug-likeness (QED) is 0.902. The maximum atomic E-state index is 13.0. The fraction of sp³-hybridized carbons (Fsp3) is 0.467. The number of rotatable bonds is 2. The third kappa shape index (κ3) is 2.80. The van der Waals surface area contributed by atoms with Gasteiger partial charge in [0, 0.05) is 18.7 Å². The molecule has 8 heteroatoms. The van der Waals surface area contributed by atoms with Gasteiger partial charge in [-0.15, -0.1) is 8.78 Å². The summed E-state index contributed by atoms with van der Waals surface area (Å²) < 4.78 is 34.6. The molecule has 0 aliphatic carbocycles. The van der Waals surface area contributed by atoms with Crippen molar-refractivity contribution >= 4 is 11.9 Å². The molecule has 23 heavy (non-hydrogen) atoms. The van der Waals surface area contributed by atoms with Crippen molar-refractivity contribution in [2.45, 2.75) is 26.1 Å². The van der Waals surface area contributed by atoms with E-state index in [9.17, 15) is 23.5 Å². The van der Waals surface area contributed by atoms with E-state index in [-0.39, 0.29) is 23.0 Å². The van der Waals surface area contributed by atoms with E-state index in [0.29, 0.717) is 25.9 Å². The lowest BCUT2D eigenvalue weighted by Crippen LogP contribution is -2.45. The highest BCUT2D eigenvalue weighted by Crippen LogP contribution is 2.41. The molecule has 0 aromatic heterocycles. The van der Waals surface area contributed by atoms with Crippen molar-refractivity contribution in [2.75, 3.05) is 13.1 Å². The molecule has 1 N–H and O–H groups in total. The zero-order chi connectivity index (χ0) is 16.8. The van der Waals surface area contributed by atoms with E-state index in [1.54, 1.807) is 6.92 Å². The Morgan fingerprint density at radius 2 is 1.78 bits per heavy atom. The summed E-state index contributed by atoms with van der Waals surface area (Å²) in [4.78, 5) is 25.2. The van der Waals surface area contributed by atoms with Gasteiger partial charge in [0.15, 0.2) is 11.5 Å². The molecule has 1 fully saturated rings. The van der Waals surface area contributed by atoms with Crippen LogP contribution in [0.15, 0.2) is 18.2 Å². The summed E-state index contributed by atoms with van der Waals surface area (Å²) >= 11 is 0. The summed E-state index contributed by atoms with van der Waals surface area (Å²) in [6.45, 7) is 2.25. The number of amides is 1. The zero-order valence-electron chi connectivity index (χ0n) is 12.3. The predicted molar refractivity (Wildman–Crippen MR) is 73.5 cm³/mol. The third-order valence-corrected chi connectivity index (χ3v) is 4.32. The van der Waals surface area contributed by atoms with Gasteiger partial charge in [-0.2, -0.15) is 0 Å². The fourth-order valence-electron chi connectivity index (χ4n) is 2.68. The Balaban J connectivity index is 1.72. The number of ether oxygens (including phenoxy) is 2. The lowest BCUT2D eigenvalue weighted by molar-refractivity contribution is -0.286. The van der Waals surface area contributed by atoms with Crippen molar-refractivity contribution < 1.29 is 33.0 Å². The van der Waals surface area contributed by atoms with Crippen molar-refractivity contribution in [3.8, 4) is 11.5 Å². The average Bonchev–Trinajstić information content (AvgIpc) is 2.80. The molecule has 1 amide bonds. The van der Waals surface area contributed by atoms with E-state index in [0.717, 1.165) is 0 Å². The average molecular weight is 327 g/mol. The predicted octanol–water partition coefficient (Wildman–Crippen LogP) is 2.33. The number of benzene rings is 1. The first-order valence-corrected chi connectivity index (χ1v) is 7.13. The largest absolute Gasteiger partial charge is 0.586 e. The van der Waals surface area contributed by atoms with Crippen LogP contribution >= 0.6 is 0 Å². The van der Waals surface area contributed by atoms with E-state index in [2.05, 4.69) is 9.47 Å². The second kappa shape index (κ2) is 5.07. The van der Waals surface area contributed by atoms with Crippen molar-refractivity contribution in [1.82, 2.24) is 4.90 Å². The van der Waals surface area contributed by atoms with Crippen LogP contribution in [-0.4, -0.2) is 41.3 Å². The number of fused-ring (bicyclic) bond motifs is 1. The van der Waals surface area contributed by atoms with Gasteiger partial charge in [-0.05, 0) is 38.0 Å². The molecule has 2 heterocycles. The second-order valence-corrected chi connectivity index (χ2v) is 5.99. The lowest BCUT2D eigenvalue weighted by Gasteiger charge is -2.36. The molecule has 0 saturated carbocycles. The van der Waals surface area contributed by atoms with Crippen LogP contribution in [0.4, 0.5) is 8.78 Å². The summed E-state index contributed by atoms with van der Waals surface area (Å²) in [5.41, 5.74) is -0.641. The van der Waals surface area contributed by atoms with Gasteiger partial charge in [-0.3, -0.25) is 9.59 Å². The monoisotopic (exact) mass is 327 g/mol. The van der Waals surface area contributed by atoms with E-state index >= 15 is 0 Å². The summed E-state index contributed by atoms with van der Waals surface area (Å²) in [6, 6.07) is 3.86. The molecule has 1 saturated heterocycles. The number of piperidine rings is 1. The zero-order valence-corrected chi connectivity index (χ0v) is 12.3. The van der Waals surface area contributed by atoms with E-state index in [4.69, 9.17) is 0 Å². The molecule has 0 spiro atoms. The number of alkyl halides is 2. The molecule has 0 atom stereocenters. The van der Waals surface area contributed by atoms with E-state index in [1.165, 1.54) is 23.1 Å². The Morgan fingerprint density at radius 1 is 1.17 bits per heavy atom. The topological polar surface area (TPSA) is 76.1 Å². The Kier molecular flexibility index (Phi) is 3.42. The van der Waals surface area contributed by atoms with Crippen LogP contribution in [0.1, 0.15) is 30.1 Å². The normalized spacial score (nSPS) is 21.1. The minimum atomic E-state index is -3.72. The van der Waals surface area contributed by atoms with Crippen LogP contribution in [0.3, 0.4) is 0 Å². The molecule has 2 aliphatic rings. The molecule has 6 nitrogen and oxygen atoms in total. The molecule has 3 rings (SSSR count). The summed E-state index contributed by atoms with van der Waals surface area (Å²) in [5.74, 6) is -1.54. The Bertz CT molecular complexity index is 668. The van der Waals surface area contributed by atoms with E-state index in [1.807, 2.05) is 0 Å². The first-order valence-electron chi connectivity index (χ1n) is 7.13. The molecule has 1 aromatic carbocycles. The van der Waals surface area contributed by atoms with Gasteiger partial charge in [0.2, 0.25) is 0 Å². The fourth-order valence-corrected chi connectivity index (χ4v) is 2.68. The van der Waals surface area contributed by atoms with Gasteiger partial charge in [0.1, 0.15) is 0 Å². The van der Waals surface area contributed by atoms with Crippen LogP contribution in [-0.2, 0) is 4.79 Å². The number of carbonyl (C=O) groups is 2. The molecule has 2 aliphatic heterocycles. The van der Waals surface area contributed by atoms with Crippen LogP contribution in [0.25, 0.3) is 0 Å². The van der Waals surface area contributed by atoms with Crippen LogP contribution in [0.2, 0.25) is 0 Å². The number of carboxylic acid groups (broad SMARTS) is 1. The minimum Gasteiger partial charge on any atom is -0.481 e. The van der Waals surface area contributed by atoms with Gasteiger partial charge >= 0.3 is 12.3 Å². The molecule has 0 bridgehead atoms. The lowest BCUT2D eigenvalue weighted by atomic mass is 9.80. The Hall–Kier alpha value is -2.38. The highest BCUT2D eigenvalue weighted by molar-refractivity contribution is 5.95. The van der Waals surface area contributed by atoms with Gasteiger partial charge in [-0.25, -0.2) is 0 Å². The van der Waals surface area contributed by atoms with E-state index < -0.39 is 17.7 Å². The van der Waals surface area contributed by atoms with Crippen molar-refractivity contribution in [2.24, 2.45) is 5.41 Å². The van der Waals surface area contributed by atoms with Crippen molar-refractivity contribution in [1.29, 1.82) is 0 Å². The standard InChI is InChI=1S/C15H15F2NO5/c1-14(13(20)21)4-6-18(7-5-14)12(19)9-2-3-10-11(8-9)23-15(16,17)22-10/h2-3,8H,4-7H2,1H3,(H,20,21). The highest BCUT2D eigenvalue weighted by atomic mass is 19.3. The van der Waals surface area contributed by atoms with Crippen molar-refractivity contribution in [3.63, 3.8) is 0 Å².